The summed E-state index contributed by atoms with van der Waals surface area (Å²) in [6.45, 7) is 7.01. The van der Waals surface area contributed by atoms with Gasteiger partial charge in [0.2, 0.25) is 0 Å². The summed E-state index contributed by atoms with van der Waals surface area (Å²) < 4.78 is 5.16. The van der Waals surface area contributed by atoms with Crippen LogP contribution in [-0.4, -0.2) is 23.9 Å². The predicted octanol–water partition coefficient (Wildman–Crippen LogP) is 4.46. The number of carbonyl (C=O) groups excluding carboxylic acids is 1. The van der Waals surface area contributed by atoms with Crippen LogP contribution in [0.25, 0.3) is 6.08 Å². The van der Waals surface area contributed by atoms with Gasteiger partial charge in [0.05, 0.1) is 12.0 Å². The second-order valence-electron chi connectivity index (χ2n) is 8.28. The van der Waals surface area contributed by atoms with Crippen LogP contribution in [0.1, 0.15) is 45.6 Å². The third kappa shape index (κ3) is 3.00. The number of amidine groups is 1. The van der Waals surface area contributed by atoms with E-state index in [-0.39, 0.29) is 16.7 Å². The highest BCUT2D eigenvalue weighted by Crippen LogP contribution is 2.64. The third-order valence-electron chi connectivity index (χ3n) is 6.84. The number of fused-ring (bicyclic) bond motifs is 2. The number of nitrogens with one attached hydrogen (secondary N) is 1. The van der Waals surface area contributed by atoms with Crippen molar-refractivity contribution in [2.24, 2.45) is 27.0 Å². The van der Waals surface area contributed by atoms with Gasteiger partial charge in [-0.1, -0.05) is 32.9 Å². The van der Waals surface area contributed by atoms with Gasteiger partial charge in [-0.2, -0.15) is 5.10 Å². The van der Waals surface area contributed by atoms with Crippen molar-refractivity contribution in [2.75, 3.05) is 7.11 Å². The molecule has 3 aliphatic rings. The fraction of sp³-hybridized carbons (Fsp3) is 0.476. The van der Waals surface area contributed by atoms with Crippen molar-refractivity contribution in [3.8, 4) is 5.75 Å². The molecule has 142 valence electrons. The second kappa shape index (κ2) is 6.51. The molecular weight excluding hydrogens is 358 g/mol. The second-order valence-corrected chi connectivity index (χ2v) is 9.31. The maximum absolute atomic E-state index is 12.2. The first-order valence-electron chi connectivity index (χ1n) is 9.33. The number of hydrogen-bond acceptors (Lipinski definition) is 5. The van der Waals surface area contributed by atoms with Crippen LogP contribution < -0.4 is 10.1 Å². The molecule has 3 fully saturated rings. The van der Waals surface area contributed by atoms with E-state index in [0.29, 0.717) is 16.0 Å². The highest BCUT2D eigenvalue weighted by atomic mass is 32.2. The van der Waals surface area contributed by atoms with Crippen molar-refractivity contribution in [1.29, 1.82) is 0 Å². The van der Waals surface area contributed by atoms with Crippen molar-refractivity contribution < 1.29 is 9.53 Å². The van der Waals surface area contributed by atoms with E-state index in [1.165, 1.54) is 30.3 Å². The molecule has 27 heavy (non-hydrogen) atoms. The normalized spacial score (nSPS) is 33.3. The lowest BCUT2D eigenvalue weighted by Crippen LogP contribution is -2.32. The van der Waals surface area contributed by atoms with Gasteiger partial charge in [0.1, 0.15) is 5.75 Å². The minimum absolute atomic E-state index is 0.122. The molecule has 0 unspecified atom stereocenters. The van der Waals surface area contributed by atoms with Crippen LogP contribution in [0.5, 0.6) is 5.75 Å². The molecule has 2 bridgehead atoms. The van der Waals surface area contributed by atoms with Crippen LogP contribution in [0.3, 0.4) is 0 Å². The number of benzene rings is 1. The average molecular weight is 384 g/mol. The molecule has 0 aromatic heterocycles. The van der Waals surface area contributed by atoms with Crippen LogP contribution in [0.2, 0.25) is 0 Å². The Hall–Kier alpha value is -2.08. The Morgan fingerprint density at radius 2 is 1.96 bits per heavy atom. The lowest BCUT2D eigenvalue weighted by atomic mass is 9.70. The molecular formula is C21H25N3O2S. The van der Waals surface area contributed by atoms with Crippen LogP contribution in [0.15, 0.2) is 39.4 Å². The van der Waals surface area contributed by atoms with E-state index in [1.807, 2.05) is 30.3 Å². The van der Waals surface area contributed by atoms with E-state index < -0.39 is 0 Å². The molecule has 1 aliphatic heterocycles. The first-order chi connectivity index (χ1) is 12.8. The molecule has 4 rings (SSSR count). The van der Waals surface area contributed by atoms with Gasteiger partial charge in [-0.15, -0.1) is 5.10 Å². The van der Waals surface area contributed by atoms with E-state index >= 15 is 0 Å². The minimum atomic E-state index is -0.130. The number of hydrogen-bond donors (Lipinski definition) is 1. The van der Waals surface area contributed by atoms with E-state index in [2.05, 4.69) is 36.3 Å². The molecule has 0 radical (unpaired) electrons. The van der Waals surface area contributed by atoms with Crippen LogP contribution >= 0.6 is 11.8 Å². The number of ether oxygens (including phenoxy) is 1. The van der Waals surface area contributed by atoms with E-state index in [1.54, 1.807) is 7.11 Å². The smallest absolute Gasteiger partial charge is 0.264 e. The Kier molecular flexibility index (Phi) is 4.41. The van der Waals surface area contributed by atoms with Crippen molar-refractivity contribution in [1.82, 2.24) is 5.32 Å². The largest absolute Gasteiger partial charge is 0.497 e. The summed E-state index contributed by atoms with van der Waals surface area (Å²) in [6.07, 6.45) is 5.33. The summed E-state index contributed by atoms with van der Waals surface area (Å²) in [7, 11) is 1.63. The number of amides is 1. The predicted molar refractivity (Wildman–Crippen MR) is 111 cm³/mol. The standard InChI is InChI=1S/C21H25N3O2S/c1-20(2)14-9-10-21(20,3)17(12-14)23-24-19-22-18(25)16(27-19)11-13-5-7-15(26-4)8-6-13/h5-8,11,14H,9-10,12H2,1-4H3,(H,22,24,25)/b16-11-,23-17?/t14-,21-/m1/s1. The average Bonchev–Trinajstić information content (AvgIpc) is 3.17. The van der Waals surface area contributed by atoms with Gasteiger partial charge in [0.15, 0.2) is 5.17 Å². The highest BCUT2D eigenvalue weighted by Gasteiger charge is 2.60. The van der Waals surface area contributed by atoms with Gasteiger partial charge >= 0.3 is 0 Å². The van der Waals surface area contributed by atoms with Gasteiger partial charge in [-0.05, 0) is 66.1 Å². The lowest BCUT2D eigenvalue weighted by Gasteiger charge is -2.34. The maximum atomic E-state index is 12.2. The number of thioether (sulfide) groups is 1. The van der Waals surface area contributed by atoms with Crippen LogP contribution in [0, 0.1) is 16.7 Å². The zero-order valence-corrected chi connectivity index (χ0v) is 17.0. The quantitative estimate of drug-likeness (QED) is 0.619. The molecule has 1 aromatic rings. The molecule has 2 saturated carbocycles. The molecule has 6 heteroatoms. The molecule has 1 aromatic carbocycles. The summed E-state index contributed by atoms with van der Waals surface area (Å²) in [5, 5.41) is 12.3. The van der Waals surface area contributed by atoms with E-state index in [0.717, 1.165) is 17.7 Å². The van der Waals surface area contributed by atoms with Gasteiger partial charge in [0.25, 0.3) is 5.91 Å². The summed E-state index contributed by atoms with van der Waals surface area (Å²) in [5.41, 5.74) is 2.52. The van der Waals surface area contributed by atoms with Crippen molar-refractivity contribution in [3.63, 3.8) is 0 Å². The number of rotatable bonds is 3. The Labute approximate surface area is 164 Å². The number of methoxy groups -OCH3 is 1. The van der Waals surface area contributed by atoms with Crippen molar-refractivity contribution in [3.05, 3.63) is 34.7 Å². The first kappa shape index (κ1) is 18.3. The summed E-state index contributed by atoms with van der Waals surface area (Å²) >= 11 is 1.34. The highest BCUT2D eigenvalue weighted by molar-refractivity contribution is 8.18. The Balaban J connectivity index is 1.52. The van der Waals surface area contributed by atoms with Gasteiger partial charge in [0, 0.05) is 11.1 Å². The third-order valence-corrected chi connectivity index (χ3v) is 7.74. The molecule has 2 atom stereocenters. The Bertz CT molecular complexity index is 870. The molecule has 5 nitrogen and oxygen atoms in total. The number of carbonyl (C=O) groups is 1. The van der Waals surface area contributed by atoms with Gasteiger partial charge in [-0.3, -0.25) is 10.1 Å². The zero-order valence-electron chi connectivity index (χ0n) is 16.2. The Morgan fingerprint density at radius 1 is 1.22 bits per heavy atom. The van der Waals surface area contributed by atoms with Crippen molar-refractivity contribution >= 4 is 34.6 Å². The van der Waals surface area contributed by atoms with Gasteiger partial charge in [-0.25, -0.2) is 0 Å². The molecule has 0 spiro atoms. The van der Waals surface area contributed by atoms with Crippen molar-refractivity contribution in [2.45, 2.75) is 40.0 Å². The minimum Gasteiger partial charge on any atom is -0.497 e. The monoisotopic (exact) mass is 383 g/mol. The summed E-state index contributed by atoms with van der Waals surface area (Å²) in [5.74, 6) is 1.35. The van der Waals surface area contributed by atoms with E-state index in [9.17, 15) is 4.79 Å². The molecule has 1 heterocycles. The summed E-state index contributed by atoms with van der Waals surface area (Å²) in [4.78, 5) is 12.9. The zero-order chi connectivity index (χ0) is 19.2. The van der Waals surface area contributed by atoms with Crippen LogP contribution in [0.4, 0.5) is 0 Å². The first-order valence-corrected chi connectivity index (χ1v) is 10.1. The fourth-order valence-electron chi connectivity index (χ4n) is 4.51. The van der Waals surface area contributed by atoms with Crippen LogP contribution in [-0.2, 0) is 4.79 Å². The summed E-state index contributed by atoms with van der Waals surface area (Å²) in [6, 6.07) is 7.60. The SMILES string of the molecule is COc1ccc(/C=C2\SC(=NN=C3C[C@H]4CC[C@@]3(C)C4(C)C)NC2=O)cc1. The fourth-order valence-corrected chi connectivity index (χ4v) is 5.28. The number of nitrogens with zero attached hydrogens (tertiary/aromatic N) is 2. The lowest BCUT2D eigenvalue weighted by molar-refractivity contribution is -0.115. The molecule has 2 aliphatic carbocycles. The van der Waals surface area contributed by atoms with E-state index in [4.69, 9.17) is 4.74 Å². The molecule has 1 N–H and O–H groups in total. The Morgan fingerprint density at radius 3 is 2.56 bits per heavy atom. The molecule has 1 amide bonds. The van der Waals surface area contributed by atoms with Gasteiger partial charge < -0.3 is 4.74 Å². The molecule has 1 saturated heterocycles. The topological polar surface area (TPSA) is 63.1 Å². The maximum Gasteiger partial charge on any atom is 0.264 e.